The van der Waals surface area contributed by atoms with Crippen molar-refractivity contribution in [2.45, 2.75) is 183 Å². The highest BCUT2D eigenvalue weighted by atomic mass is 16.4. The number of guanidine groups is 3. The SMILES string of the molecule is NCCCC[C@H](NC(=O)[C@H](CCCN=C(N)N)NC(=O)[C@@H]1CCCN1C(=O)CNC(=O)[C@H](CCCN=C(N)N)NC(=O)[C@H](CCCN=C(N)N)NC(=O)[C@@H]1CCCN1C(=O)[C@H](CCCCN)NC(=O)[C@H](CCCCN)NC(=O)[C@@H](N)Cc1ccc(O)cc1)C(=O)O. The van der Waals surface area contributed by atoms with Gasteiger partial charge < -0.3 is 115 Å². The lowest BCUT2D eigenvalue weighted by atomic mass is 10.0. The predicted octanol–water partition coefficient (Wildman–Crippen LogP) is -6.10. The second-order valence-corrected chi connectivity index (χ2v) is 22.5. The number of benzene rings is 1. The van der Waals surface area contributed by atoms with E-state index in [4.69, 9.17) is 57.3 Å². The van der Waals surface area contributed by atoms with Gasteiger partial charge in [-0.2, -0.15) is 0 Å². The number of hydrogen-bond donors (Lipinski definition) is 19. The van der Waals surface area contributed by atoms with Crippen LogP contribution in [-0.4, -0.2) is 210 Å². The van der Waals surface area contributed by atoms with Gasteiger partial charge in [0.25, 0.3) is 0 Å². The third kappa shape index (κ3) is 28.4. The number of carbonyl (C=O) groups is 10. The van der Waals surface area contributed by atoms with Crippen molar-refractivity contribution in [2.24, 2.45) is 72.3 Å². The van der Waals surface area contributed by atoms with Gasteiger partial charge in [0, 0.05) is 32.7 Å². The Morgan fingerprint density at radius 3 is 1.31 bits per heavy atom. The number of nitrogens with one attached hydrogen (secondary N) is 7. The molecule has 0 radical (unpaired) electrons. The minimum Gasteiger partial charge on any atom is -0.508 e. The monoisotopic (exact) mass is 1280 g/mol. The second kappa shape index (κ2) is 41.6. The summed E-state index contributed by atoms with van der Waals surface area (Å²) in [6, 6.07) is -4.70. The molecule has 2 fully saturated rings. The molecule has 2 saturated heterocycles. The molecule has 34 heteroatoms. The highest BCUT2D eigenvalue weighted by Crippen LogP contribution is 2.22. The Hall–Kier alpha value is -8.63. The number of carbonyl (C=O) groups excluding carboxylic acids is 9. The average molecular weight is 1290 g/mol. The molecule has 0 spiro atoms. The zero-order valence-corrected chi connectivity index (χ0v) is 52.0. The molecule has 29 N–H and O–H groups in total. The van der Waals surface area contributed by atoms with Crippen LogP contribution in [0.3, 0.4) is 0 Å². The number of phenols is 1. The van der Waals surface area contributed by atoms with E-state index in [1.54, 1.807) is 12.1 Å². The Morgan fingerprint density at radius 2 is 0.857 bits per heavy atom. The molecule has 0 aromatic heterocycles. The van der Waals surface area contributed by atoms with Crippen LogP contribution in [0.25, 0.3) is 0 Å². The third-order valence-electron chi connectivity index (χ3n) is 15.3. The van der Waals surface area contributed by atoms with E-state index in [1.807, 2.05) is 0 Å². The van der Waals surface area contributed by atoms with Gasteiger partial charge in [-0.15, -0.1) is 0 Å². The lowest BCUT2D eigenvalue weighted by Gasteiger charge is -2.31. The number of amides is 9. The summed E-state index contributed by atoms with van der Waals surface area (Å²) in [5, 5.41) is 38.2. The van der Waals surface area contributed by atoms with Gasteiger partial charge >= 0.3 is 5.97 Å². The first-order valence-corrected chi connectivity index (χ1v) is 31.1. The van der Waals surface area contributed by atoms with Crippen molar-refractivity contribution in [1.82, 2.24) is 47.0 Å². The van der Waals surface area contributed by atoms with Crippen LogP contribution < -0.4 is 94.6 Å². The number of aromatic hydroxyl groups is 1. The van der Waals surface area contributed by atoms with Crippen LogP contribution in [0.1, 0.15) is 128 Å². The van der Waals surface area contributed by atoms with Crippen LogP contribution in [0.15, 0.2) is 39.2 Å². The van der Waals surface area contributed by atoms with Crippen molar-refractivity contribution in [3.8, 4) is 5.75 Å². The van der Waals surface area contributed by atoms with Crippen molar-refractivity contribution < 1.29 is 58.2 Å². The van der Waals surface area contributed by atoms with Crippen molar-refractivity contribution in [3.63, 3.8) is 0 Å². The maximum absolute atomic E-state index is 14.7. The van der Waals surface area contributed by atoms with E-state index < -0.39 is 120 Å². The summed E-state index contributed by atoms with van der Waals surface area (Å²) in [7, 11) is 0. The van der Waals surface area contributed by atoms with Gasteiger partial charge in [0.1, 0.15) is 54.1 Å². The van der Waals surface area contributed by atoms with E-state index in [-0.39, 0.29) is 140 Å². The van der Waals surface area contributed by atoms with E-state index >= 15 is 0 Å². The Morgan fingerprint density at radius 1 is 0.484 bits per heavy atom. The van der Waals surface area contributed by atoms with Gasteiger partial charge in [0.2, 0.25) is 53.2 Å². The quantitative estimate of drug-likeness (QED) is 0.0164. The normalized spacial score (nSPS) is 16.7. The number of rotatable bonds is 43. The lowest BCUT2D eigenvalue weighted by Crippen LogP contribution is -2.59. The molecule has 2 aliphatic heterocycles. The van der Waals surface area contributed by atoms with E-state index in [9.17, 15) is 58.2 Å². The number of carboxylic acid groups (broad SMARTS) is 1. The Balaban J connectivity index is 1.84. The van der Waals surface area contributed by atoms with Gasteiger partial charge in [0.15, 0.2) is 17.9 Å². The van der Waals surface area contributed by atoms with Crippen LogP contribution >= 0.6 is 0 Å². The molecule has 3 rings (SSSR count). The highest BCUT2D eigenvalue weighted by Gasteiger charge is 2.41. The number of carboxylic acids is 1. The topological polar surface area (TPSA) is 599 Å². The molecule has 9 atom stereocenters. The van der Waals surface area contributed by atoms with Crippen LogP contribution in [0.5, 0.6) is 5.75 Å². The van der Waals surface area contributed by atoms with Gasteiger partial charge in [0.05, 0.1) is 12.6 Å². The van der Waals surface area contributed by atoms with E-state index in [1.165, 1.54) is 21.9 Å². The van der Waals surface area contributed by atoms with Crippen molar-refractivity contribution >= 4 is 77.0 Å². The fourth-order valence-corrected chi connectivity index (χ4v) is 10.4. The maximum atomic E-state index is 14.7. The summed E-state index contributed by atoms with van der Waals surface area (Å²) in [4.78, 5) is 153. The standard InChI is InChI=1S/C57H100N22O12/c58-24-4-1-12-38(72-46(82)36(61)32-34-20-22-35(80)23-21-34)49(85)76-41(13-2-5-25-59)53(89)79-31-11-19-44(79)52(88)75-39(16-8-28-69-56(64)65)48(84)73-37(15-7-27-68-55(62)63)47(83)71-33-45(81)78-30-10-18-43(78)51(87)74-40(17-9-29-70-57(66)67)50(86)77-42(54(90)91)14-3-6-26-60/h20-23,36-44,80H,1-19,24-33,58-61H2,(H,71,83)(H,72,82)(H,73,84)(H,74,87)(H,75,88)(H,76,85)(H,77,86)(H,90,91)(H4,62,63,68)(H4,64,65,69)(H4,66,67,70)/t36-,37-,38-,39-,40-,41-,42-,43-,44-/m0/s1. The highest BCUT2D eigenvalue weighted by molar-refractivity contribution is 5.98. The van der Waals surface area contributed by atoms with Crippen LogP contribution in [0, 0.1) is 0 Å². The van der Waals surface area contributed by atoms with E-state index in [2.05, 4.69) is 52.2 Å². The minimum atomic E-state index is -1.37. The van der Waals surface area contributed by atoms with Crippen LogP contribution in [0.4, 0.5) is 0 Å². The van der Waals surface area contributed by atoms with Crippen LogP contribution in [0.2, 0.25) is 0 Å². The van der Waals surface area contributed by atoms with Crippen LogP contribution in [-0.2, 0) is 54.4 Å². The summed E-state index contributed by atoms with van der Waals surface area (Å²) in [6.07, 6.45) is 4.71. The average Bonchev–Trinajstić information content (AvgIpc) is 1.84. The fraction of sp³-hybridized carbons (Fsp3) is 0.667. The molecule has 2 aliphatic rings. The second-order valence-electron chi connectivity index (χ2n) is 22.5. The number of aliphatic carboxylic acids is 1. The lowest BCUT2D eigenvalue weighted by molar-refractivity contribution is -0.143. The number of unbranched alkanes of at least 4 members (excludes halogenated alkanes) is 3. The van der Waals surface area contributed by atoms with E-state index in [0.29, 0.717) is 70.0 Å². The molecule has 0 aliphatic carbocycles. The molecule has 1 aromatic rings. The summed E-state index contributed by atoms with van der Waals surface area (Å²) < 4.78 is 0. The first kappa shape index (κ1) is 76.6. The van der Waals surface area contributed by atoms with Gasteiger partial charge in [-0.1, -0.05) is 12.1 Å². The molecule has 91 heavy (non-hydrogen) atoms. The minimum absolute atomic E-state index is 0.00216. The number of nitrogens with zero attached hydrogens (tertiary/aromatic N) is 5. The van der Waals surface area contributed by atoms with Gasteiger partial charge in [-0.05, 0) is 166 Å². The van der Waals surface area contributed by atoms with Gasteiger partial charge in [-0.25, -0.2) is 4.79 Å². The Labute approximate surface area is 530 Å². The number of likely N-dealkylation sites (tertiary alicyclic amines) is 2. The molecule has 0 unspecified atom stereocenters. The maximum Gasteiger partial charge on any atom is 0.326 e. The molecule has 0 saturated carbocycles. The summed E-state index contributed by atoms with van der Waals surface area (Å²) >= 11 is 0. The number of hydrogen-bond acceptors (Lipinski definition) is 18. The smallest absolute Gasteiger partial charge is 0.326 e. The zero-order chi connectivity index (χ0) is 67.4. The molecule has 1 aromatic carbocycles. The predicted molar refractivity (Wildman–Crippen MR) is 340 cm³/mol. The number of aliphatic imine (C=N–C) groups is 3. The molecular formula is C57H100N22O12. The van der Waals surface area contributed by atoms with Crippen molar-refractivity contribution in [2.75, 3.05) is 58.9 Å². The molecule has 34 nitrogen and oxygen atoms in total. The molecule has 9 amide bonds. The first-order chi connectivity index (χ1) is 43.4. The summed E-state index contributed by atoms with van der Waals surface area (Å²) in [6.45, 7) is 0.639. The van der Waals surface area contributed by atoms with E-state index in [0.717, 1.165) is 0 Å². The Kier molecular flexibility index (Phi) is 35.0. The first-order valence-electron chi connectivity index (χ1n) is 31.1. The Bertz CT molecular complexity index is 2620. The fourth-order valence-electron chi connectivity index (χ4n) is 10.4. The summed E-state index contributed by atoms with van der Waals surface area (Å²) in [5.41, 5.74) is 57.3. The van der Waals surface area contributed by atoms with Crippen molar-refractivity contribution in [3.05, 3.63) is 29.8 Å². The third-order valence-corrected chi connectivity index (χ3v) is 15.3. The molecule has 0 bridgehead atoms. The number of phenolic OH excluding ortho intramolecular Hbond substituents is 1. The van der Waals surface area contributed by atoms with Gasteiger partial charge in [-0.3, -0.25) is 58.1 Å². The largest absolute Gasteiger partial charge is 0.508 e. The molecular weight excluding hydrogens is 1180 g/mol. The summed E-state index contributed by atoms with van der Waals surface area (Å²) in [5.74, 6) is -8.35. The number of nitrogens with two attached hydrogens (primary N) is 10. The molecule has 2 heterocycles. The van der Waals surface area contributed by atoms with Crippen molar-refractivity contribution in [1.29, 1.82) is 0 Å². The zero-order valence-electron chi connectivity index (χ0n) is 52.0. The molecule has 510 valence electrons.